The number of H-pyrrole nitrogens is 1. The van der Waals surface area contributed by atoms with Crippen LogP contribution in [-0.2, 0) is 13.0 Å². The first-order valence-corrected chi connectivity index (χ1v) is 14.2. The summed E-state index contributed by atoms with van der Waals surface area (Å²) >= 11 is 0. The van der Waals surface area contributed by atoms with Crippen molar-refractivity contribution in [1.82, 2.24) is 44.6 Å². The Morgan fingerprint density at radius 1 is 0.854 bits per heavy atom. The summed E-state index contributed by atoms with van der Waals surface area (Å²) in [5, 5.41) is 12.2. The monoisotopic (exact) mass is 541 g/mol. The van der Waals surface area contributed by atoms with Crippen molar-refractivity contribution in [3.63, 3.8) is 0 Å². The maximum atomic E-state index is 4.95. The van der Waals surface area contributed by atoms with Gasteiger partial charge in [0.2, 0.25) is 0 Å². The summed E-state index contributed by atoms with van der Waals surface area (Å²) in [6, 6.07) is 25.0. The second-order valence-corrected chi connectivity index (χ2v) is 10.5. The van der Waals surface area contributed by atoms with Crippen molar-refractivity contribution in [2.45, 2.75) is 38.6 Å². The number of hydrogen-bond acceptors (Lipinski definition) is 7. The molecule has 9 heteroatoms. The minimum Gasteiger partial charge on any atom is -0.299 e. The summed E-state index contributed by atoms with van der Waals surface area (Å²) in [6.07, 6.45) is 6.68. The summed E-state index contributed by atoms with van der Waals surface area (Å²) in [4.78, 5) is 21.2. The lowest BCUT2D eigenvalue weighted by molar-refractivity contribution is 0.202. The van der Waals surface area contributed by atoms with Gasteiger partial charge in [0.05, 0.1) is 5.69 Å². The summed E-state index contributed by atoms with van der Waals surface area (Å²) in [5.74, 6) is 3.42. The van der Waals surface area contributed by atoms with E-state index in [-0.39, 0.29) is 0 Å². The number of aryl methyl sites for hydroxylation is 1. The van der Waals surface area contributed by atoms with Gasteiger partial charge in [-0.05, 0) is 49.2 Å². The van der Waals surface area contributed by atoms with Crippen molar-refractivity contribution >= 4 is 5.78 Å². The topological polar surface area (TPSA) is 101 Å². The van der Waals surface area contributed by atoms with Gasteiger partial charge in [0, 0.05) is 42.4 Å². The van der Waals surface area contributed by atoms with Crippen molar-refractivity contribution in [2.24, 2.45) is 0 Å². The fraction of sp³-hybridized carbons (Fsp3) is 0.250. The molecule has 9 nitrogen and oxygen atoms in total. The number of nitrogens with zero attached hydrogens (tertiary/aromatic N) is 8. The highest BCUT2D eigenvalue weighted by molar-refractivity contribution is 5.81. The quantitative estimate of drug-likeness (QED) is 0.282. The van der Waals surface area contributed by atoms with E-state index in [0.717, 1.165) is 84.4 Å². The minimum atomic E-state index is 0.366. The maximum Gasteiger partial charge on any atom is 0.253 e. The van der Waals surface area contributed by atoms with Crippen molar-refractivity contribution in [3.05, 3.63) is 102 Å². The van der Waals surface area contributed by atoms with Gasteiger partial charge in [-0.3, -0.25) is 15.0 Å². The van der Waals surface area contributed by atoms with Crippen LogP contribution in [0.25, 0.3) is 39.7 Å². The molecule has 41 heavy (non-hydrogen) atoms. The molecule has 1 N–H and O–H groups in total. The van der Waals surface area contributed by atoms with Crippen LogP contribution in [0.2, 0.25) is 0 Å². The van der Waals surface area contributed by atoms with Crippen LogP contribution in [0.3, 0.4) is 0 Å². The SMILES string of the molecule is CCc1nc2nc(-c3ccc(CN4CCC(c5n[nH]c(-c6ccccn6)n5)CC4)cc3)c(-c3ccccc3)cn2n1. The second-order valence-electron chi connectivity index (χ2n) is 10.5. The molecule has 4 aromatic heterocycles. The second kappa shape index (κ2) is 11.0. The van der Waals surface area contributed by atoms with E-state index in [9.17, 15) is 0 Å². The molecule has 0 aliphatic carbocycles. The Hall–Kier alpha value is -4.76. The Labute approximate surface area is 238 Å². The maximum absolute atomic E-state index is 4.95. The zero-order chi connectivity index (χ0) is 27.6. The van der Waals surface area contributed by atoms with E-state index in [1.54, 1.807) is 10.7 Å². The molecule has 1 fully saturated rings. The van der Waals surface area contributed by atoms with E-state index in [4.69, 9.17) is 9.97 Å². The Kier molecular flexibility index (Phi) is 6.78. The van der Waals surface area contributed by atoms with Crippen LogP contribution in [-0.4, -0.2) is 57.7 Å². The number of piperidine rings is 1. The normalized spacial score (nSPS) is 14.6. The highest BCUT2D eigenvalue weighted by Crippen LogP contribution is 2.32. The molecule has 0 saturated carbocycles. The van der Waals surface area contributed by atoms with Crippen molar-refractivity contribution in [1.29, 1.82) is 0 Å². The third kappa shape index (κ3) is 5.24. The van der Waals surface area contributed by atoms with Gasteiger partial charge in [0.25, 0.3) is 5.78 Å². The third-order valence-corrected chi connectivity index (χ3v) is 7.77. The van der Waals surface area contributed by atoms with Crippen molar-refractivity contribution in [2.75, 3.05) is 13.1 Å². The molecule has 0 amide bonds. The van der Waals surface area contributed by atoms with Crippen LogP contribution >= 0.6 is 0 Å². The summed E-state index contributed by atoms with van der Waals surface area (Å²) in [6.45, 7) is 5.01. The Bertz CT molecular complexity index is 1750. The van der Waals surface area contributed by atoms with Gasteiger partial charge in [-0.15, -0.1) is 5.10 Å². The van der Waals surface area contributed by atoms with Gasteiger partial charge in [-0.25, -0.2) is 14.5 Å². The molecule has 0 unspecified atom stereocenters. The number of aromatic nitrogens is 8. The fourth-order valence-electron chi connectivity index (χ4n) is 5.51. The largest absolute Gasteiger partial charge is 0.299 e. The van der Waals surface area contributed by atoms with Crippen LogP contribution in [0.4, 0.5) is 0 Å². The predicted octanol–water partition coefficient (Wildman–Crippen LogP) is 5.58. The molecule has 0 atom stereocenters. The number of nitrogens with one attached hydrogen (secondary N) is 1. The van der Waals surface area contributed by atoms with Crippen LogP contribution in [0.15, 0.2) is 85.2 Å². The van der Waals surface area contributed by atoms with Crippen LogP contribution in [0, 0.1) is 0 Å². The zero-order valence-electron chi connectivity index (χ0n) is 23.0. The summed E-state index contributed by atoms with van der Waals surface area (Å²) in [7, 11) is 0. The molecule has 5 heterocycles. The molecule has 1 aliphatic rings. The molecule has 0 bridgehead atoms. The molecule has 204 valence electrons. The lowest BCUT2D eigenvalue weighted by Gasteiger charge is -2.30. The molecule has 6 aromatic rings. The van der Waals surface area contributed by atoms with Crippen molar-refractivity contribution < 1.29 is 0 Å². The number of benzene rings is 2. The average Bonchev–Trinajstić information content (AvgIpc) is 3.70. The van der Waals surface area contributed by atoms with Crippen LogP contribution < -0.4 is 0 Å². The number of likely N-dealkylation sites (tertiary alicyclic amines) is 1. The molecule has 0 spiro atoms. The fourth-order valence-corrected chi connectivity index (χ4v) is 5.51. The highest BCUT2D eigenvalue weighted by Gasteiger charge is 2.24. The Balaban J connectivity index is 1.05. The molecule has 7 rings (SSSR count). The number of pyridine rings is 1. The number of fused-ring (bicyclic) bond motifs is 1. The number of aromatic amines is 1. The van der Waals surface area contributed by atoms with Gasteiger partial charge in [-0.2, -0.15) is 10.1 Å². The van der Waals surface area contributed by atoms with Gasteiger partial charge >= 0.3 is 0 Å². The third-order valence-electron chi connectivity index (χ3n) is 7.77. The van der Waals surface area contributed by atoms with Crippen molar-refractivity contribution in [3.8, 4) is 33.9 Å². The molecular formula is C32H31N9. The number of hydrogen-bond donors (Lipinski definition) is 1. The standard InChI is InChI=1S/C32H31N9/c1-2-28-34-32-35-29(26(21-41(32)39-28)23-8-4-3-5-9-23)24-13-11-22(12-14-24)20-40-18-15-25(16-19-40)30-36-31(38-37-30)27-10-6-7-17-33-27/h3-14,17,21,25H,2,15-16,18-20H2,1H3,(H,36,37,38). The molecule has 0 radical (unpaired) electrons. The zero-order valence-corrected chi connectivity index (χ0v) is 23.0. The minimum absolute atomic E-state index is 0.366. The van der Waals surface area contributed by atoms with Gasteiger partial charge in [0.15, 0.2) is 17.5 Å². The first-order chi connectivity index (χ1) is 20.2. The van der Waals surface area contributed by atoms with E-state index < -0.39 is 0 Å². The molecule has 1 saturated heterocycles. The lowest BCUT2D eigenvalue weighted by atomic mass is 9.95. The smallest absolute Gasteiger partial charge is 0.253 e. The van der Waals surface area contributed by atoms with E-state index in [0.29, 0.717) is 11.7 Å². The first-order valence-electron chi connectivity index (χ1n) is 14.2. The van der Waals surface area contributed by atoms with Crippen LogP contribution in [0.5, 0.6) is 0 Å². The Morgan fingerprint density at radius 3 is 2.41 bits per heavy atom. The van der Waals surface area contributed by atoms with Gasteiger partial charge in [-0.1, -0.05) is 67.6 Å². The first kappa shape index (κ1) is 25.2. The predicted molar refractivity (Wildman–Crippen MR) is 158 cm³/mol. The Morgan fingerprint density at radius 2 is 1.66 bits per heavy atom. The van der Waals surface area contributed by atoms with Gasteiger partial charge in [0.1, 0.15) is 5.69 Å². The van der Waals surface area contributed by atoms with E-state index in [2.05, 4.69) is 85.6 Å². The molecular weight excluding hydrogens is 510 g/mol. The number of rotatable bonds is 7. The van der Waals surface area contributed by atoms with E-state index in [1.165, 1.54) is 5.56 Å². The average molecular weight is 542 g/mol. The van der Waals surface area contributed by atoms with E-state index in [1.807, 2.05) is 30.5 Å². The highest BCUT2D eigenvalue weighted by atomic mass is 15.3. The molecule has 1 aliphatic heterocycles. The van der Waals surface area contributed by atoms with Crippen LogP contribution in [0.1, 0.15) is 42.9 Å². The lowest BCUT2D eigenvalue weighted by Crippen LogP contribution is -2.32. The van der Waals surface area contributed by atoms with E-state index >= 15 is 0 Å². The summed E-state index contributed by atoms with van der Waals surface area (Å²) in [5.41, 5.74) is 6.26. The summed E-state index contributed by atoms with van der Waals surface area (Å²) < 4.78 is 1.79. The van der Waals surface area contributed by atoms with Gasteiger partial charge < -0.3 is 0 Å². The molecule has 2 aromatic carbocycles.